The first-order valence-corrected chi connectivity index (χ1v) is 18.9. The van der Waals surface area contributed by atoms with Gasteiger partial charge < -0.3 is 30.7 Å². The number of benzene rings is 1. The number of hydrogen-bond acceptors (Lipinski definition) is 14. The molecule has 54 heavy (non-hydrogen) atoms. The summed E-state index contributed by atoms with van der Waals surface area (Å²) >= 11 is 0. The van der Waals surface area contributed by atoms with Gasteiger partial charge in [-0.1, -0.05) is 6.92 Å². The zero-order chi connectivity index (χ0) is 37.6. The van der Waals surface area contributed by atoms with E-state index in [1.54, 1.807) is 13.2 Å². The van der Waals surface area contributed by atoms with Crippen LogP contribution in [0.5, 0.6) is 5.75 Å². The van der Waals surface area contributed by atoms with Crippen LogP contribution in [0.2, 0.25) is 0 Å². The third-order valence-electron chi connectivity index (χ3n) is 10.7. The van der Waals surface area contributed by atoms with Gasteiger partial charge in [0.15, 0.2) is 23.1 Å². The molecule has 4 aliphatic heterocycles. The molecule has 288 valence electrons. The van der Waals surface area contributed by atoms with Gasteiger partial charge in [0.25, 0.3) is 5.91 Å². The summed E-state index contributed by atoms with van der Waals surface area (Å²) in [5.74, 6) is 1.22. The summed E-state index contributed by atoms with van der Waals surface area (Å²) in [7, 11) is 1.67. The number of carbonyl (C=O) groups is 3. The number of nitrogens with two attached hydrogens (primary N) is 1. The molecule has 17 nitrogen and oxygen atoms in total. The topological polar surface area (TPSA) is 196 Å². The Morgan fingerprint density at radius 2 is 1.74 bits per heavy atom. The Balaban J connectivity index is 0.921. The van der Waals surface area contributed by atoms with Crippen LogP contribution in [-0.2, 0) is 22.5 Å². The van der Waals surface area contributed by atoms with Crippen molar-refractivity contribution in [2.45, 2.75) is 64.1 Å². The van der Waals surface area contributed by atoms with E-state index < -0.39 is 11.9 Å². The van der Waals surface area contributed by atoms with Crippen molar-refractivity contribution in [1.82, 2.24) is 35.3 Å². The number of primary amides is 1. The summed E-state index contributed by atoms with van der Waals surface area (Å²) in [5.41, 5.74) is 9.15. The van der Waals surface area contributed by atoms with Crippen molar-refractivity contribution >= 4 is 46.7 Å². The van der Waals surface area contributed by atoms with Gasteiger partial charge in [-0.15, -0.1) is 5.10 Å². The van der Waals surface area contributed by atoms with Gasteiger partial charge in [0, 0.05) is 95.8 Å². The third kappa shape index (κ3) is 8.63. The van der Waals surface area contributed by atoms with Gasteiger partial charge in [-0.05, 0) is 56.4 Å². The second kappa shape index (κ2) is 16.9. The quantitative estimate of drug-likeness (QED) is 0.211. The molecule has 0 bridgehead atoms. The fraction of sp³-hybridized carbons (Fsp3) is 0.541. The van der Waals surface area contributed by atoms with E-state index >= 15 is 0 Å². The molecule has 4 fully saturated rings. The van der Waals surface area contributed by atoms with Gasteiger partial charge in [-0.3, -0.25) is 29.6 Å². The number of hydrogen-bond donors (Lipinski definition) is 4. The summed E-state index contributed by atoms with van der Waals surface area (Å²) in [6.45, 7) is 10.1. The van der Waals surface area contributed by atoms with Gasteiger partial charge >= 0.3 is 6.03 Å². The average Bonchev–Trinajstić information content (AvgIpc) is 3.19. The van der Waals surface area contributed by atoms with E-state index in [9.17, 15) is 14.4 Å². The number of nitrogens with zero attached hydrogens (tertiary/aromatic N) is 8. The van der Waals surface area contributed by atoms with Crippen LogP contribution in [0.1, 0.15) is 60.9 Å². The average molecular weight is 743 g/mol. The number of aromatic nitrogens is 4. The molecule has 4 saturated heterocycles. The van der Waals surface area contributed by atoms with Crippen molar-refractivity contribution in [3.63, 3.8) is 0 Å². The van der Waals surface area contributed by atoms with Crippen molar-refractivity contribution in [1.29, 1.82) is 0 Å². The molecule has 0 atom stereocenters. The fourth-order valence-electron chi connectivity index (χ4n) is 7.63. The van der Waals surface area contributed by atoms with Crippen LogP contribution in [0.4, 0.5) is 33.6 Å². The molecule has 0 radical (unpaired) electrons. The van der Waals surface area contributed by atoms with Crippen molar-refractivity contribution in [2.75, 3.05) is 86.6 Å². The molecule has 0 spiro atoms. The van der Waals surface area contributed by atoms with Gasteiger partial charge in [0.2, 0.25) is 5.91 Å². The largest absolute Gasteiger partial charge is 0.495 e. The Kier molecular flexibility index (Phi) is 11.6. The summed E-state index contributed by atoms with van der Waals surface area (Å²) in [5, 5.41) is 17.7. The number of carbonyl (C=O) groups excluding carboxylic acids is 3. The van der Waals surface area contributed by atoms with Gasteiger partial charge in [0.1, 0.15) is 5.75 Å². The predicted molar refractivity (Wildman–Crippen MR) is 203 cm³/mol. The molecule has 17 heteroatoms. The summed E-state index contributed by atoms with van der Waals surface area (Å²) in [4.78, 5) is 54.3. The lowest BCUT2D eigenvalue weighted by molar-refractivity contribution is -0.120. The molecule has 0 unspecified atom stereocenters. The Morgan fingerprint density at radius 3 is 2.41 bits per heavy atom. The zero-order valence-corrected chi connectivity index (χ0v) is 31.1. The molecular weight excluding hydrogens is 692 g/mol. The van der Waals surface area contributed by atoms with Crippen molar-refractivity contribution < 1.29 is 23.9 Å². The van der Waals surface area contributed by atoms with Crippen LogP contribution in [0, 0.1) is 0 Å². The summed E-state index contributed by atoms with van der Waals surface area (Å²) in [6.07, 6.45) is 4.71. The van der Waals surface area contributed by atoms with Crippen LogP contribution in [0.15, 0.2) is 30.3 Å². The number of aryl methyl sites for hydroxylation is 1. The molecule has 3 aromatic rings. The van der Waals surface area contributed by atoms with E-state index in [-0.39, 0.29) is 24.1 Å². The first kappa shape index (κ1) is 37.2. The number of urea groups is 1. The van der Waals surface area contributed by atoms with Crippen LogP contribution >= 0.6 is 0 Å². The molecule has 0 aliphatic carbocycles. The normalized spacial score (nSPS) is 19.4. The Bertz CT molecular complexity index is 1810. The Hall–Kier alpha value is -5.13. The standard InChI is InChI=1S/C37H50N12O5/c1-3-28-35(39-24-11-20-54-21-12-24)43-36(33(41-28)34(38)51)40-25-4-6-29(30(22-25)53-2)48-13-8-27(9-14-48)47-18-16-46(17-19-47)23-26-5-7-31(45-44-26)49-15-10-32(50)42-37(49)52/h4-7,22,24,27H,3,8-21,23H2,1-2H3,(H2,38,51)(H2,39,40,43)(H,42,50,52). The summed E-state index contributed by atoms with van der Waals surface area (Å²) < 4.78 is 11.4. The first-order valence-electron chi connectivity index (χ1n) is 18.9. The van der Waals surface area contributed by atoms with E-state index in [1.165, 1.54) is 4.90 Å². The zero-order valence-electron chi connectivity index (χ0n) is 31.1. The monoisotopic (exact) mass is 742 g/mol. The molecule has 4 aliphatic rings. The third-order valence-corrected chi connectivity index (χ3v) is 10.7. The highest BCUT2D eigenvalue weighted by Gasteiger charge is 2.30. The number of nitrogens with one attached hydrogen (secondary N) is 3. The predicted octanol–water partition coefficient (Wildman–Crippen LogP) is 2.50. The first-order chi connectivity index (χ1) is 26.3. The molecule has 5 N–H and O–H groups in total. The van der Waals surface area contributed by atoms with Crippen LogP contribution in [0.25, 0.3) is 0 Å². The van der Waals surface area contributed by atoms with Crippen LogP contribution in [0.3, 0.4) is 0 Å². The molecule has 1 aromatic carbocycles. The van der Waals surface area contributed by atoms with Gasteiger partial charge in [0.05, 0.1) is 24.2 Å². The highest BCUT2D eigenvalue weighted by atomic mass is 16.5. The van der Waals surface area contributed by atoms with Crippen molar-refractivity contribution in [3.8, 4) is 5.75 Å². The second-order valence-electron chi connectivity index (χ2n) is 14.1. The van der Waals surface area contributed by atoms with Crippen LogP contribution < -0.4 is 36.2 Å². The number of piperidine rings is 1. The number of piperazine rings is 1. The molecule has 0 saturated carbocycles. The molecular formula is C37H50N12O5. The Labute approximate surface area is 315 Å². The lowest BCUT2D eigenvalue weighted by Gasteiger charge is -2.43. The van der Waals surface area contributed by atoms with E-state index in [0.717, 1.165) is 87.8 Å². The lowest BCUT2D eigenvalue weighted by Crippen LogP contribution is -2.53. The number of methoxy groups -OCH3 is 1. The van der Waals surface area contributed by atoms with E-state index in [4.69, 9.17) is 20.2 Å². The lowest BCUT2D eigenvalue weighted by atomic mass is 10.0. The van der Waals surface area contributed by atoms with Crippen LogP contribution in [-0.4, -0.2) is 126 Å². The Morgan fingerprint density at radius 1 is 0.963 bits per heavy atom. The molecule has 6 heterocycles. The maximum Gasteiger partial charge on any atom is 0.329 e. The minimum atomic E-state index is -0.642. The van der Waals surface area contributed by atoms with Crippen molar-refractivity contribution in [2.24, 2.45) is 5.73 Å². The smallest absolute Gasteiger partial charge is 0.329 e. The number of imide groups is 1. The van der Waals surface area contributed by atoms with E-state index in [1.807, 2.05) is 25.1 Å². The number of rotatable bonds is 12. The summed E-state index contributed by atoms with van der Waals surface area (Å²) in [6, 6.07) is 9.93. The number of anilines is 5. The molecule has 4 amide bonds. The maximum atomic E-state index is 12.5. The van der Waals surface area contributed by atoms with E-state index in [2.05, 4.69) is 51.9 Å². The maximum absolute atomic E-state index is 12.5. The molecule has 2 aromatic heterocycles. The number of amides is 4. The van der Waals surface area contributed by atoms with Crippen molar-refractivity contribution in [3.05, 3.63) is 47.4 Å². The second-order valence-corrected chi connectivity index (χ2v) is 14.1. The minimum Gasteiger partial charge on any atom is -0.495 e. The van der Waals surface area contributed by atoms with Gasteiger partial charge in [-0.25, -0.2) is 14.8 Å². The molecule has 7 rings (SSSR count). The SMILES string of the molecule is CCc1nc(C(N)=O)c(Nc2ccc(N3CCC(N4CCN(Cc5ccc(N6CCC(=O)NC6=O)nn5)CC4)CC3)c(OC)c2)nc1NC1CCOCC1. The van der Waals surface area contributed by atoms with E-state index in [0.29, 0.717) is 61.9 Å². The number of ether oxygens (including phenoxy) is 2. The minimum absolute atomic E-state index is 0.100. The fourth-order valence-corrected chi connectivity index (χ4v) is 7.63. The highest BCUT2D eigenvalue weighted by molar-refractivity contribution is 6.05. The highest BCUT2D eigenvalue weighted by Crippen LogP contribution is 2.35. The van der Waals surface area contributed by atoms with Gasteiger partial charge in [-0.2, -0.15) is 5.10 Å².